The van der Waals surface area contributed by atoms with Gasteiger partial charge in [-0.15, -0.1) is 0 Å². The maximum Gasteiger partial charge on any atom is 0.248 e. The highest BCUT2D eigenvalue weighted by Crippen LogP contribution is 2.41. The molecule has 1 fully saturated rings. The van der Waals surface area contributed by atoms with Crippen molar-refractivity contribution < 1.29 is 4.79 Å². The van der Waals surface area contributed by atoms with E-state index in [1.807, 2.05) is 6.08 Å². The van der Waals surface area contributed by atoms with Crippen molar-refractivity contribution in [3.05, 3.63) is 22.2 Å². The predicted molar refractivity (Wildman–Crippen MR) is 63.5 cm³/mol. The first kappa shape index (κ1) is 12.0. The Bertz CT molecular complexity index is 294. The van der Waals surface area contributed by atoms with E-state index in [-0.39, 0.29) is 5.24 Å². The van der Waals surface area contributed by atoms with Gasteiger partial charge in [0, 0.05) is 5.57 Å². The van der Waals surface area contributed by atoms with Gasteiger partial charge in [0.1, 0.15) is 0 Å². The molecule has 0 bridgehead atoms. The lowest BCUT2D eigenvalue weighted by Gasteiger charge is -2.33. The molecule has 0 radical (unpaired) electrons. The number of allylic oxidation sites excluding steroid dienone is 4. The third kappa shape index (κ3) is 2.96. The quantitative estimate of drug-likeness (QED) is 0.432. The second kappa shape index (κ2) is 5.13. The molecule has 0 saturated heterocycles. The molecule has 0 aromatic heterocycles. The molecule has 14 heavy (non-hydrogen) atoms. The van der Waals surface area contributed by atoms with Crippen LogP contribution >= 0.6 is 27.5 Å². The van der Waals surface area contributed by atoms with Crippen molar-refractivity contribution >= 4 is 32.8 Å². The first-order valence-corrected chi connectivity index (χ1v) is 5.93. The van der Waals surface area contributed by atoms with E-state index in [2.05, 4.69) is 22.9 Å². The lowest BCUT2D eigenvalue weighted by molar-refractivity contribution is -0.108. The third-order valence-electron chi connectivity index (χ3n) is 2.78. The smallest absolute Gasteiger partial charge is 0.248 e. The van der Waals surface area contributed by atoms with Crippen molar-refractivity contribution in [2.24, 2.45) is 11.8 Å². The highest BCUT2D eigenvalue weighted by atomic mass is 79.9. The second-order valence-electron chi connectivity index (χ2n) is 3.84. The van der Waals surface area contributed by atoms with Crippen LogP contribution in [0.1, 0.15) is 26.7 Å². The van der Waals surface area contributed by atoms with E-state index in [0.29, 0.717) is 11.5 Å². The molecule has 1 rings (SSSR count). The van der Waals surface area contributed by atoms with Crippen LogP contribution in [0.4, 0.5) is 0 Å². The summed E-state index contributed by atoms with van der Waals surface area (Å²) in [5, 5.41) is -0.386. The average molecular weight is 278 g/mol. The molecule has 0 aromatic rings. The van der Waals surface area contributed by atoms with Gasteiger partial charge in [-0.1, -0.05) is 35.0 Å². The Labute approximate surface area is 98.3 Å². The monoisotopic (exact) mass is 276 g/mol. The van der Waals surface area contributed by atoms with Crippen molar-refractivity contribution in [3.8, 4) is 0 Å². The highest BCUT2D eigenvalue weighted by Gasteiger charge is 2.28. The molecule has 2 unspecified atom stereocenters. The number of rotatable bonds is 3. The van der Waals surface area contributed by atoms with Crippen molar-refractivity contribution in [1.29, 1.82) is 0 Å². The molecule has 0 amide bonds. The summed E-state index contributed by atoms with van der Waals surface area (Å²) < 4.78 is 1.17. The number of hydrogen-bond donors (Lipinski definition) is 0. The van der Waals surface area contributed by atoms with Gasteiger partial charge >= 0.3 is 0 Å². The lowest BCUT2D eigenvalue weighted by atomic mass is 9.75. The van der Waals surface area contributed by atoms with E-state index in [0.717, 1.165) is 5.92 Å². The molecule has 0 aromatic carbocycles. The Morgan fingerprint density at radius 1 is 1.43 bits per heavy atom. The van der Waals surface area contributed by atoms with Crippen molar-refractivity contribution in [1.82, 2.24) is 0 Å². The van der Waals surface area contributed by atoms with Crippen LogP contribution in [0.3, 0.4) is 0 Å². The van der Waals surface area contributed by atoms with Crippen LogP contribution in [0, 0.1) is 11.8 Å². The molecule has 1 nitrogen and oxygen atoms in total. The standard InChI is InChI=1S/C11H14BrClO/c1-7-3-5-9(7)10(12)6-4-8(2)11(13)14/h4,6-7,9H,3,5H2,1-2H3/b8-4+,10-6+. The van der Waals surface area contributed by atoms with Crippen molar-refractivity contribution in [2.75, 3.05) is 0 Å². The third-order valence-corrected chi connectivity index (χ3v) is 3.93. The van der Waals surface area contributed by atoms with Crippen molar-refractivity contribution in [3.63, 3.8) is 0 Å². The molecule has 1 saturated carbocycles. The van der Waals surface area contributed by atoms with Gasteiger partial charge in [0.25, 0.3) is 0 Å². The van der Waals surface area contributed by atoms with E-state index in [4.69, 9.17) is 11.6 Å². The van der Waals surface area contributed by atoms with E-state index >= 15 is 0 Å². The molecule has 1 aliphatic carbocycles. The molecule has 0 aliphatic heterocycles. The minimum absolute atomic E-state index is 0.386. The molecule has 3 heteroatoms. The predicted octanol–water partition coefficient (Wildman–Crippen LogP) is 4.02. The summed E-state index contributed by atoms with van der Waals surface area (Å²) in [7, 11) is 0. The number of hydrogen-bond acceptors (Lipinski definition) is 1. The molecule has 78 valence electrons. The molecule has 2 atom stereocenters. The Hall–Kier alpha value is -0.0800. The summed E-state index contributed by atoms with van der Waals surface area (Å²) in [6, 6.07) is 0. The van der Waals surface area contributed by atoms with Gasteiger partial charge in [0.2, 0.25) is 5.24 Å². The van der Waals surface area contributed by atoms with Gasteiger partial charge < -0.3 is 0 Å². The van der Waals surface area contributed by atoms with Gasteiger partial charge in [0.15, 0.2) is 0 Å². The topological polar surface area (TPSA) is 17.1 Å². The van der Waals surface area contributed by atoms with Crippen LogP contribution in [-0.4, -0.2) is 5.24 Å². The Kier molecular flexibility index (Phi) is 4.39. The van der Waals surface area contributed by atoms with Gasteiger partial charge in [-0.05, 0) is 47.7 Å². The molecule has 0 heterocycles. The van der Waals surface area contributed by atoms with Crippen LogP contribution in [0.2, 0.25) is 0 Å². The van der Waals surface area contributed by atoms with Gasteiger partial charge in [-0.2, -0.15) is 0 Å². The fourth-order valence-electron chi connectivity index (χ4n) is 1.47. The highest BCUT2D eigenvalue weighted by molar-refractivity contribution is 9.11. The van der Waals surface area contributed by atoms with E-state index in [1.165, 1.54) is 17.3 Å². The lowest BCUT2D eigenvalue weighted by Crippen LogP contribution is -2.22. The van der Waals surface area contributed by atoms with Crippen LogP contribution in [0.15, 0.2) is 22.2 Å². The first-order chi connectivity index (χ1) is 6.52. The van der Waals surface area contributed by atoms with Crippen LogP contribution < -0.4 is 0 Å². The molecule has 0 spiro atoms. The van der Waals surface area contributed by atoms with E-state index in [9.17, 15) is 4.79 Å². The zero-order chi connectivity index (χ0) is 10.7. The summed E-state index contributed by atoms with van der Waals surface area (Å²) in [5.74, 6) is 1.38. The fraction of sp³-hybridized carbons (Fsp3) is 0.545. The van der Waals surface area contributed by atoms with E-state index < -0.39 is 0 Å². The molecule has 1 aliphatic rings. The Morgan fingerprint density at radius 3 is 2.43 bits per heavy atom. The maximum atomic E-state index is 10.7. The van der Waals surface area contributed by atoms with Crippen LogP contribution in [0.25, 0.3) is 0 Å². The second-order valence-corrected chi connectivity index (χ2v) is 5.10. The zero-order valence-corrected chi connectivity index (χ0v) is 10.7. The van der Waals surface area contributed by atoms with Crippen LogP contribution in [0.5, 0.6) is 0 Å². The van der Waals surface area contributed by atoms with E-state index in [1.54, 1.807) is 13.0 Å². The van der Waals surface area contributed by atoms with Gasteiger partial charge in [0.05, 0.1) is 0 Å². The number of halogens is 2. The summed E-state index contributed by atoms with van der Waals surface area (Å²) in [5.41, 5.74) is 0.579. The molecular formula is C11H14BrClO. The van der Waals surface area contributed by atoms with Crippen LogP contribution in [-0.2, 0) is 4.79 Å². The molecule has 0 N–H and O–H groups in total. The minimum atomic E-state index is -0.386. The maximum absolute atomic E-state index is 10.7. The normalized spacial score (nSPS) is 28.6. The van der Waals surface area contributed by atoms with Crippen molar-refractivity contribution in [2.45, 2.75) is 26.7 Å². The Balaban J connectivity index is 2.60. The summed E-state index contributed by atoms with van der Waals surface area (Å²) in [4.78, 5) is 10.7. The average Bonchev–Trinajstić information content (AvgIpc) is 2.11. The first-order valence-electron chi connectivity index (χ1n) is 4.76. The fourth-order valence-corrected chi connectivity index (χ4v) is 2.35. The number of carbonyl (C=O) groups excluding carboxylic acids is 1. The van der Waals surface area contributed by atoms with Gasteiger partial charge in [-0.3, -0.25) is 4.79 Å². The SMILES string of the molecule is C/C(=C\C=C(\Br)C1CCC1C)C(=O)Cl. The zero-order valence-electron chi connectivity index (χ0n) is 8.39. The minimum Gasteiger partial charge on any atom is -0.276 e. The Morgan fingerprint density at radius 2 is 2.07 bits per heavy atom. The number of carbonyl (C=O) groups is 1. The van der Waals surface area contributed by atoms with Gasteiger partial charge in [-0.25, -0.2) is 0 Å². The molecular weight excluding hydrogens is 263 g/mol. The largest absolute Gasteiger partial charge is 0.276 e. The summed E-state index contributed by atoms with van der Waals surface area (Å²) in [6.45, 7) is 3.96. The summed E-state index contributed by atoms with van der Waals surface area (Å²) in [6.07, 6.45) is 6.24. The summed E-state index contributed by atoms with van der Waals surface area (Å²) >= 11 is 8.85.